The Morgan fingerprint density at radius 3 is 2.73 bits per heavy atom. The van der Waals surface area contributed by atoms with Crippen LogP contribution in [0, 0.1) is 12.8 Å². The smallest absolute Gasteiger partial charge is 0.227 e. The van der Waals surface area contributed by atoms with Gasteiger partial charge in [-0.3, -0.25) is 9.59 Å². The number of piperidine rings is 1. The van der Waals surface area contributed by atoms with Gasteiger partial charge in [0, 0.05) is 26.2 Å². The zero-order valence-electron chi connectivity index (χ0n) is 13.2. The molecule has 0 aliphatic carbocycles. The summed E-state index contributed by atoms with van der Waals surface area (Å²) in [6, 6.07) is 8.01. The van der Waals surface area contributed by atoms with Gasteiger partial charge in [-0.1, -0.05) is 29.8 Å². The number of aryl methyl sites for hydroxylation is 1. The van der Waals surface area contributed by atoms with Crippen LogP contribution in [0.1, 0.15) is 24.0 Å². The third kappa shape index (κ3) is 4.56. The Morgan fingerprint density at radius 1 is 1.32 bits per heavy atom. The summed E-state index contributed by atoms with van der Waals surface area (Å²) in [5.74, 6) is 0.000677. The van der Waals surface area contributed by atoms with Crippen molar-refractivity contribution in [2.75, 3.05) is 26.2 Å². The van der Waals surface area contributed by atoms with Crippen LogP contribution in [0.2, 0.25) is 0 Å². The fraction of sp³-hybridized carbons (Fsp3) is 0.529. The number of hydrogen-bond acceptors (Lipinski definition) is 3. The van der Waals surface area contributed by atoms with Gasteiger partial charge in [0.15, 0.2) is 0 Å². The van der Waals surface area contributed by atoms with Crippen LogP contribution in [-0.2, 0) is 16.0 Å². The van der Waals surface area contributed by atoms with E-state index >= 15 is 0 Å². The standard InChI is InChI=1S/C17H25N3O2/c1-13-4-6-14(7-5-13)11-16(21)20-10-2-3-15(12-20)17(22)19-9-8-18/h4-7,15H,2-3,8-12,18H2,1H3,(H,19,22). The molecule has 0 bridgehead atoms. The van der Waals surface area contributed by atoms with Gasteiger partial charge < -0.3 is 16.0 Å². The summed E-state index contributed by atoms with van der Waals surface area (Å²) in [4.78, 5) is 26.2. The summed E-state index contributed by atoms with van der Waals surface area (Å²) in [5, 5.41) is 2.82. The van der Waals surface area contributed by atoms with E-state index in [1.165, 1.54) is 5.56 Å². The second-order valence-electron chi connectivity index (χ2n) is 5.92. The lowest BCUT2D eigenvalue weighted by Gasteiger charge is -2.32. The predicted molar refractivity (Wildman–Crippen MR) is 86.3 cm³/mol. The number of nitrogens with zero attached hydrogens (tertiary/aromatic N) is 1. The third-order valence-electron chi connectivity index (χ3n) is 4.06. The number of carbonyl (C=O) groups is 2. The van der Waals surface area contributed by atoms with Gasteiger partial charge >= 0.3 is 0 Å². The molecule has 1 aliphatic heterocycles. The highest BCUT2D eigenvalue weighted by molar-refractivity contribution is 5.82. The van der Waals surface area contributed by atoms with E-state index in [1.807, 2.05) is 36.1 Å². The van der Waals surface area contributed by atoms with Gasteiger partial charge in [-0.05, 0) is 25.3 Å². The Labute approximate surface area is 131 Å². The normalized spacial score (nSPS) is 18.1. The van der Waals surface area contributed by atoms with Gasteiger partial charge in [0.05, 0.1) is 12.3 Å². The molecule has 1 heterocycles. The molecule has 0 spiro atoms. The minimum atomic E-state index is -0.109. The zero-order chi connectivity index (χ0) is 15.9. The molecular weight excluding hydrogens is 278 g/mol. The monoisotopic (exact) mass is 303 g/mol. The minimum absolute atomic E-state index is 0.0123. The van der Waals surface area contributed by atoms with Crippen LogP contribution in [0.25, 0.3) is 0 Å². The second kappa shape index (κ2) is 7.94. The van der Waals surface area contributed by atoms with Gasteiger partial charge in [-0.25, -0.2) is 0 Å². The fourth-order valence-electron chi connectivity index (χ4n) is 2.75. The highest BCUT2D eigenvalue weighted by atomic mass is 16.2. The van der Waals surface area contributed by atoms with Crippen LogP contribution in [-0.4, -0.2) is 42.9 Å². The zero-order valence-corrected chi connectivity index (χ0v) is 13.2. The molecule has 120 valence electrons. The Hall–Kier alpha value is -1.88. The first kappa shape index (κ1) is 16.5. The molecule has 0 aromatic heterocycles. The fourth-order valence-corrected chi connectivity index (χ4v) is 2.75. The first-order valence-corrected chi connectivity index (χ1v) is 7.91. The van der Waals surface area contributed by atoms with E-state index in [1.54, 1.807) is 0 Å². The molecule has 1 atom stereocenters. The van der Waals surface area contributed by atoms with Gasteiger partial charge in [0.25, 0.3) is 0 Å². The van der Waals surface area contributed by atoms with Gasteiger partial charge in [-0.15, -0.1) is 0 Å². The van der Waals surface area contributed by atoms with E-state index in [9.17, 15) is 9.59 Å². The van der Waals surface area contributed by atoms with Crippen LogP contribution in [0.4, 0.5) is 0 Å². The molecule has 5 nitrogen and oxygen atoms in total. The highest BCUT2D eigenvalue weighted by Crippen LogP contribution is 2.18. The maximum atomic E-state index is 12.4. The van der Waals surface area contributed by atoms with Crippen LogP contribution in [0.5, 0.6) is 0 Å². The Kier molecular flexibility index (Phi) is 5.95. The van der Waals surface area contributed by atoms with Gasteiger partial charge in [-0.2, -0.15) is 0 Å². The largest absolute Gasteiger partial charge is 0.355 e. The molecule has 2 amide bonds. The molecule has 1 fully saturated rings. The molecule has 1 unspecified atom stereocenters. The molecule has 0 radical (unpaired) electrons. The summed E-state index contributed by atoms with van der Waals surface area (Å²) in [6.07, 6.45) is 2.11. The summed E-state index contributed by atoms with van der Waals surface area (Å²) >= 11 is 0. The van der Waals surface area contributed by atoms with Crippen molar-refractivity contribution in [3.63, 3.8) is 0 Å². The number of nitrogens with one attached hydrogen (secondary N) is 1. The van der Waals surface area contributed by atoms with Gasteiger partial charge in [0.1, 0.15) is 0 Å². The van der Waals surface area contributed by atoms with Crippen molar-refractivity contribution in [1.29, 1.82) is 0 Å². The summed E-state index contributed by atoms with van der Waals surface area (Å²) < 4.78 is 0. The van der Waals surface area contributed by atoms with Gasteiger partial charge in [0.2, 0.25) is 11.8 Å². The Morgan fingerprint density at radius 2 is 2.05 bits per heavy atom. The number of benzene rings is 1. The van der Waals surface area contributed by atoms with E-state index in [2.05, 4.69) is 5.32 Å². The van der Waals surface area contributed by atoms with Crippen molar-refractivity contribution in [2.24, 2.45) is 11.7 Å². The van der Waals surface area contributed by atoms with Crippen LogP contribution in [0.15, 0.2) is 24.3 Å². The van der Waals surface area contributed by atoms with Crippen molar-refractivity contribution in [1.82, 2.24) is 10.2 Å². The maximum absolute atomic E-state index is 12.4. The highest BCUT2D eigenvalue weighted by Gasteiger charge is 2.28. The molecule has 1 saturated heterocycles. The summed E-state index contributed by atoms with van der Waals surface area (Å²) in [5.41, 5.74) is 7.60. The molecule has 2 rings (SSSR count). The summed E-state index contributed by atoms with van der Waals surface area (Å²) in [6.45, 7) is 4.22. The number of hydrogen-bond donors (Lipinski definition) is 2. The molecule has 5 heteroatoms. The topological polar surface area (TPSA) is 75.4 Å². The lowest BCUT2D eigenvalue weighted by atomic mass is 9.96. The van der Waals surface area contributed by atoms with E-state index in [-0.39, 0.29) is 17.7 Å². The lowest BCUT2D eigenvalue weighted by molar-refractivity contribution is -0.135. The van der Waals surface area contributed by atoms with E-state index in [0.29, 0.717) is 26.1 Å². The van der Waals surface area contributed by atoms with Crippen molar-refractivity contribution >= 4 is 11.8 Å². The molecule has 1 aromatic rings. The van der Waals surface area contributed by atoms with E-state index < -0.39 is 0 Å². The predicted octanol–water partition coefficient (Wildman–Crippen LogP) is 0.851. The van der Waals surface area contributed by atoms with E-state index in [4.69, 9.17) is 5.73 Å². The minimum Gasteiger partial charge on any atom is -0.355 e. The van der Waals surface area contributed by atoms with Crippen molar-refractivity contribution in [3.05, 3.63) is 35.4 Å². The number of amides is 2. The van der Waals surface area contributed by atoms with Crippen molar-refractivity contribution in [3.8, 4) is 0 Å². The molecular formula is C17H25N3O2. The number of rotatable bonds is 5. The Balaban J connectivity index is 1.89. The van der Waals surface area contributed by atoms with Crippen LogP contribution < -0.4 is 11.1 Å². The first-order valence-electron chi connectivity index (χ1n) is 7.91. The number of nitrogens with two attached hydrogens (primary N) is 1. The number of carbonyl (C=O) groups excluding carboxylic acids is 2. The van der Waals surface area contributed by atoms with Crippen LogP contribution in [0.3, 0.4) is 0 Å². The quantitative estimate of drug-likeness (QED) is 0.847. The SMILES string of the molecule is Cc1ccc(CC(=O)N2CCCC(C(=O)NCCN)C2)cc1. The first-order chi connectivity index (χ1) is 10.6. The maximum Gasteiger partial charge on any atom is 0.227 e. The lowest BCUT2D eigenvalue weighted by Crippen LogP contribution is -2.46. The van der Waals surface area contributed by atoms with Crippen molar-refractivity contribution < 1.29 is 9.59 Å². The van der Waals surface area contributed by atoms with Crippen LogP contribution >= 0.6 is 0 Å². The molecule has 3 N–H and O–H groups in total. The number of likely N-dealkylation sites (tertiary alicyclic amines) is 1. The third-order valence-corrected chi connectivity index (χ3v) is 4.06. The molecule has 1 aromatic carbocycles. The molecule has 1 aliphatic rings. The average Bonchev–Trinajstić information content (AvgIpc) is 2.54. The summed E-state index contributed by atoms with van der Waals surface area (Å²) in [7, 11) is 0. The molecule has 0 saturated carbocycles. The van der Waals surface area contributed by atoms with Crippen molar-refractivity contribution in [2.45, 2.75) is 26.2 Å². The molecule has 22 heavy (non-hydrogen) atoms. The average molecular weight is 303 g/mol. The second-order valence-corrected chi connectivity index (χ2v) is 5.92. The Bertz CT molecular complexity index is 513. The van der Waals surface area contributed by atoms with E-state index in [0.717, 1.165) is 24.9 Å².